The lowest BCUT2D eigenvalue weighted by molar-refractivity contribution is -0.122. The predicted molar refractivity (Wildman–Crippen MR) is 152 cm³/mol. The summed E-state index contributed by atoms with van der Waals surface area (Å²) in [6, 6.07) is 0. The van der Waals surface area contributed by atoms with Crippen LogP contribution >= 0.6 is 0 Å². The summed E-state index contributed by atoms with van der Waals surface area (Å²) in [5.74, 6) is 2.26. The highest BCUT2D eigenvalue weighted by Gasteiger charge is 2.46. The van der Waals surface area contributed by atoms with E-state index < -0.39 is 0 Å². The van der Waals surface area contributed by atoms with Crippen LogP contribution in [0.2, 0.25) is 0 Å². The highest BCUT2D eigenvalue weighted by molar-refractivity contribution is 4.94. The zero-order valence-electron chi connectivity index (χ0n) is 25.0. The summed E-state index contributed by atoms with van der Waals surface area (Å²) in [7, 11) is 0. The van der Waals surface area contributed by atoms with Gasteiger partial charge < -0.3 is 38.3 Å². The Balaban J connectivity index is 0.953. The fourth-order valence-corrected chi connectivity index (χ4v) is 8.24. The lowest BCUT2D eigenvalue weighted by Crippen LogP contribution is -2.43. The minimum absolute atomic E-state index is 0.135. The van der Waals surface area contributed by atoms with E-state index >= 15 is 0 Å². The van der Waals surface area contributed by atoms with E-state index in [0.717, 1.165) is 71.4 Å². The Morgan fingerprint density at radius 1 is 0.439 bits per heavy atom. The van der Waals surface area contributed by atoms with E-state index in [1.807, 2.05) is 0 Å². The second-order valence-electron chi connectivity index (χ2n) is 14.9. The van der Waals surface area contributed by atoms with E-state index in [4.69, 9.17) is 33.2 Å². The summed E-state index contributed by atoms with van der Waals surface area (Å²) in [4.78, 5) is 0. The molecule has 8 nitrogen and oxygen atoms in total. The second kappa shape index (κ2) is 13.4. The van der Waals surface area contributed by atoms with Gasteiger partial charge in [0, 0.05) is 26.4 Å². The van der Waals surface area contributed by atoms with Gasteiger partial charge in [0.25, 0.3) is 0 Å². The zero-order chi connectivity index (χ0) is 27.6. The Bertz CT molecular complexity index is 748. The average molecular weight is 579 g/mol. The largest absolute Gasteiger partial charge is 0.393 e. The predicted octanol–water partition coefficient (Wildman–Crippen LogP) is 4.29. The molecule has 0 spiro atoms. The molecule has 4 aliphatic carbocycles. The van der Waals surface area contributed by atoms with Crippen molar-refractivity contribution in [2.24, 2.45) is 29.1 Å². The molecular formula is C33H54O8. The van der Waals surface area contributed by atoms with Crippen molar-refractivity contribution in [1.29, 1.82) is 0 Å². The molecule has 8 heteroatoms. The Morgan fingerprint density at radius 3 is 1.15 bits per heavy atom. The molecule has 0 aromatic carbocycles. The monoisotopic (exact) mass is 578 g/mol. The number of aliphatic hydroxyl groups excluding tert-OH is 1. The van der Waals surface area contributed by atoms with E-state index in [2.05, 4.69) is 0 Å². The van der Waals surface area contributed by atoms with Gasteiger partial charge in [0.05, 0.1) is 74.6 Å². The van der Waals surface area contributed by atoms with Gasteiger partial charge in [0.1, 0.15) is 0 Å². The first-order valence-electron chi connectivity index (χ1n) is 17.1. The third kappa shape index (κ3) is 8.24. The normalized spacial score (nSPS) is 44.3. The molecule has 7 aliphatic rings. The van der Waals surface area contributed by atoms with E-state index in [-0.39, 0.29) is 11.5 Å². The van der Waals surface area contributed by atoms with Gasteiger partial charge in [0.2, 0.25) is 0 Å². The SMILES string of the molecule is OC1CCC(COCC(COCC2CCC3OC3C2)(COCC2CCC3OC3C2)COCC2CC[C@@H]3OC3C2)CC1. The number of aliphatic hydroxyl groups is 1. The molecule has 7 rings (SSSR count). The number of hydrogen-bond donors (Lipinski definition) is 1. The molecule has 7 fully saturated rings. The van der Waals surface area contributed by atoms with Crippen molar-refractivity contribution in [1.82, 2.24) is 0 Å². The topological polar surface area (TPSA) is 94.7 Å². The summed E-state index contributed by atoms with van der Waals surface area (Å²) in [5.41, 5.74) is -0.331. The molecule has 8 unspecified atom stereocenters. The molecule has 0 aromatic rings. The van der Waals surface area contributed by atoms with Crippen LogP contribution in [-0.2, 0) is 33.2 Å². The summed E-state index contributed by atoms with van der Waals surface area (Å²) in [6.45, 7) is 5.45. The summed E-state index contributed by atoms with van der Waals surface area (Å²) in [5, 5.41) is 9.94. The standard InChI is InChI=1S/C33H54O8/c34-26-6-1-22(2-7-26)14-35-18-33(19-36-15-23-3-8-27-30(11-23)39-27,20-37-16-24-4-9-28-31(12-24)40-28)21-38-17-25-5-10-29-32(13-25)41-29/h22-32,34H,1-21H2/t22?,23?,24?,25?,26?,27-,28?,29?,30?,31?,32?,33?/m0/s1. The number of epoxide rings is 3. The van der Waals surface area contributed by atoms with Gasteiger partial charge >= 0.3 is 0 Å². The number of ether oxygens (including phenoxy) is 7. The maximum absolute atomic E-state index is 9.94. The smallest absolute Gasteiger partial charge is 0.0845 e. The fraction of sp³-hybridized carbons (Fsp3) is 1.00. The lowest BCUT2D eigenvalue weighted by atomic mass is 9.87. The Hall–Kier alpha value is -0.320. The van der Waals surface area contributed by atoms with Crippen LogP contribution in [0.1, 0.15) is 83.5 Å². The van der Waals surface area contributed by atoms with Gasteiger partial charge in [-0.05, 0) is 107 Å². The first kappa shape index (κ1) is 29.4. The van der Waals surface area contributed by atoms with Gasteiger partial charge in [-0.15, -0.1) is 0 Å². The maximum Gasteiger partial charge on any atom is 0.0845 e. The van der Waals surface area contributed by atoms with Gasteiger partial charge in [-0.3, -0.25) is 0 Å². The number of fused-ring (bicyclic) bond motifs is 3. The van der Waals surface area contributed by atoms with E-state index in [1.54, 1.807) is 0 Å². The molecule has 3 aliphatic heterocycles. The van der Waals surface area contributed by atoms with Crippen LogP contribution in [0.4, 0.5) is 0 Å². The first-order valence-corrected chi connectivity index (χ1v) is 17.1. The minimum Gasteiger partial charge on any atom is -0.393 e. The van der Waals surface area contributed by atoms with Gasteiger partial charge in [-0.1, -0.05) is 0 Å². The van der Waals surface area contributed by atoms with E-state index in [0.29, 0.717) is 86.7 Å². The Labute approximate surface area is 246 Å². The molecule has 1 N–H and O–H groups in total. The summed E-state index contributed by atoms with van der Waals surface area (Å²) >= 11 is 0. The molecule has 234 valence electrons. The van der Waals surface area contributed by atoms with Crippen LogP contribution in [0, 0.1) is 29.1 Å². The molecule has 9 atom stereocenters. The quantitative estimate of drug-likeness (QED) is 0.271. The molecule has 4 saturated carbocycles. The molecule has 0 radical (unpaired) electrons. The van der Waals surface area contributed by atoms with Gasteiger partial charge in [0.15, 0.2) is 0 Å². The molecule has 41 heavy (non-hydrogen) atoms. The molecule has 3 saturated heterocycles. The Kier molecular flexibility index (Phi) is 9.57. The zero-order valence-corrected chi connectivity index (χ0v) is 25.0. The number of hydrogen-bond acceptors (Lipinski definition) is 8. The molecular weight excluding hydrogens is 524 g/mol. The van der Waals surface area contributed by atoms with Crippen LogP contribution in [0.3, 0.4) is 0 Å². The molecule has 3 heterocycles. The van der Waals surface area contributed by atoms with Crippen molar-refractivity contribution in [3.05, 3.63) is 0 Å². The summed E-state index contributed by atoms with van der Waals surface area (Å²) < 4.78 is 43.4. The minimum atomic E-state index is -0.331. The van der Waals surface area contributed by atoms with Gasteiger partial charge in [-0.25, -0.2) is 0 Å². The van der Waals surface area contributed by atoms with Crippen molar-refractivity contribution in [3.63, 3.8) is 0 Å². The van der Waals surface area contributed by atoms with Crippen LogP contribution in [0.15, 0.2) is 0 Å². The fourth-order valence-electron chi connectivity index (χ4n) is 8.24. The van der Waals surface area contributed by atoms with Crippen LogP contribution in [0.25, 0.3) is 0 Å². The molecule has 0 bridgehead atoms. The summed E-state index contributed by atoms with van der Waals surface area (Å²) in [6.07, 6.45) is 17.2. The van der Waals surface area contributed by atoms with Crippen molar-refractivity contribution >= 4 is 0 Å². The molecule has 0 aromatic heterocycles. The van der Waals surface area contributed by atoms with Crippen molar-refractivity contribution in [2.75, 3.05) is 52.9 Å². The number of rotatable bonds is 16. The Morgan fingerprint density at radius 2 is 0.780 bits per heavy atom. The van der Waals surface area contributed by atoms with Crippen LogP contribution in [0.5, 0.6) is 0 Å². The van der Waals surface area contributed by atoms with Crippen molar-refractivity contribution in [2.45, 2.75) is 126 Å². The highest BCUT2D eigenvalue weighted by atomic mass is 16.6. The molecule has 0 amide bonds. The van der Waals surface area contributed by atoms with Crippen LogP contribution < -0.4 is 0 Å². The van der Waals surface area contributed by atoms with Gasteiger partial charge in [-0.2, -0.15) is 0 Å². The second-order valence-corrected chi connectivity index (χ2v) is 14.9. The van der Waals surface area contributed by atoms with Crippen molar-refractivity contribution in [3.8, 4) is 0 Å². The third-order valence-corrected chi connectivity index (χ3v) is 11.2. The van der Waals surface area contributed by atoms with Crippen LogP contribution in [-0.4, -0.2) is 101 Å². The van der Waals surface area contributed by atoms with E-state index in [9.17, 15) is 5.11 Å². The maximum atomic E-state index is 9.94. The van der Waals surface area contributed by atoms with Crippen molar-refractivity contribution < 1.29 is 38.3 Å². The highest BCUT2D eigenvalue weighted by Crippen LogP contribution is 2.42. The average Bonchev–Trinajstić information content (AvgIpc) is 3.86. The third-order valence-electron chi connectivity index (χ3n) is 11.2. The first-order chi connectivity index (χ1) is 20.1. The lowest BCUT2D eigenvalue weighted by Gasteiger charge is -2.35. The van der Waals surface area contributed by atoms with E-state index in [1.165, 1.54) is 38.5 Å².